The van der Waals surface area contributed by atoms with E-state index in [0.29, 0.717) is 16.1 Å². The van der Waals surface area contributed by atoms with E-state index in [4.69, 9.17) is 10.8 Å². The number of nitrogen functional groups attached to an aromatic ring is 1. The van der Waals surface area contributed by atoms with Gasteiger partial charge in [-0.1, -0.05) is 23.5 Å². The van der Waals surface area contributed by atoms with Gasteiger partial charge >= 0.3 is 5.97 Å². The Labute approximate surface area is 101 Å². The van der Waals surface area contributed by atoms with Gasteiger partial charge in [0.1, 0.15) is 5.82 Å². The van der Waals surface area contributed by atoms with Crippen molar-refractivity contribution in [3.8, 4) is 10.4 Å². The highest BCUT2D eigenvalue weighted by Crippen LogP contribution is 2.32. The molecule has 6 heteroatoms. The standard InChI is InChI=1S/C11H9FN2O2S/c12-7-3-1-2-6(4-7)10-8(5-9(15)16)14-11(13)17-10/h1-4H,5H2,(H2,13,14)(H,15,16). The molecule has 1 aromatic heterocycles. The van der Waals surface area contributed by atoms with Crippen LogP contribution in [0.5, 0.6) is 0 Å². The van der Waals surface area contributed by atoms with E-state index in [1.165, 1.54) is 12.1 Å². The lowest BCUT2D eigenvalue weighted by Gasteiger charge is -2.00. The average Bonchev–Trinajstić information content (AvgIpc) is 2.58. The zero-order valence-electron chi connectivity index (χ0n) is 8.68. The van der Waals surface area contributed by atoms with Crippen molar-refractivity contribution in [2.45, 2.75) is 6.42 Å². The van der Waals surface area contributed by atoms with E-state index in [9.17, 15) is 9.18 Å². The van der Waals surface area contributed by atoms with Gasteiger partial charge in [-0.2, -0.15) is 0 Å². The number of halogens is 1. The number of carboxylic acids is 1. The number of thiazole rings is 1. The monoisotopic (exact) mass is 252 g/mol. The third kappa shape index (κ3) is 2.59. The summed E-state index contributed by atoms with van der Waals surface area (Å²) in [5, 5.41) is 9.03. The van der Waals surface area contributed by atoms with E-state index in [1.807, 2.05) is 0 Å². The zero-order valence-corrected chi connectivity index (χ0v) is 9.50. The molecule has 0 bridgehead atoms. The first-order valence-electron chi connectivity index (χ1n) is 4.79. The van der Waals surface area contributed by atoms with Gasteiger partial charge < -0.3 is 10.8 Å². The topological polar surface area (TPSA) is 76.2 Å². The average molecular weight is 252 g/mol. The first kappa shape index (κ1) is 11.5. The van der Waals surface area contributed by atoms with Gasteiger partial charge in [-0.25, -0.2) is 9.37 Å². The number of nitrogens with zero attached hydrogens (tertiary/aromatic N) is 1. The first-order chi connectivity index (χ1) is 8.06. The van der Waals surface area contributed by atoms with E-state index in [1.54, 1.807) is 12.1 Å². The molecule has 0 saturated heterocycles. The van der Waals surface area contributed by atoms with E-state index in [-0.39, 0.29) is 17.4 Å². The summed E-state index contributed by atoms with van der Waals surface area (Å²) < 4.78 is 13.1. The van der Waals surface area contributed by atoms with Crippen LogP contribution in [-0.2, 0) is 11.2 Å². The van der Waals surface area contributed by atoms with Gasteiger partial charge in [-0.05, 0) is 17.7 Å². The second-order valence-corrected chi connectivity index (χ2v) is 4.44. The number of hydrogen-bond acceptors (Lipinski definition) is 4. The van der Waals surface area contributed by atoms with Crippen LogP contribution < -0.4 is 5.73 Å². The maximum absolute atomic E-state index is 13.1. The van der Waals surface area contributed by atoms with Crippen LogP contribution in [0.15, 0.2) is 24.3 Å². The molecule has 0 spiro atoms. The number of aliphatic carboxylic acids is 1. The van der Waals surface area contributed by atoms with Crippen molar-refractivity contribution in [2.75, 3.05) is 5.73 Å². The SMILES string of the molecule is Nc1nc(CC(=O)O)c(-c2cccc(F)c2)s1. The minimum atomic E-state index is -0.993. The number of rotatable bonds is 3. The molecule has 4 nitrogen and oxygen atoms in total. The molecule has 2 aromatic rings. The molecule has 0 unspecified atom stereocenters. The number of nitrogens with two attached hydrogens (primary N) is 1. The molecule has 1 heterocycles. The van der Waals surface area contributed by atoms with Gasteiger partial charge in [-0.3, -0.25) is 4.79 Å². The van der Waals surface area contributed by atoms with E-state index in [2.05, 4.69) is 4.98 Å². The molecule has 0 aliphatic rings. The third-order valence-electron chi connectivity index (χ3n) is 2.12. The minimum Gasteiger partial charge on any atom is -0.481 e. The maximum atomic E-state index is 13.1. The van der Waals surface area contributed by atoms with Gasteiger partial charge in [0.15, 0.2) is 5.13 Å². The molecular formula is C11H9FN2O2S. The second kappa shape index (κ2) is 4.50. The Morgan fingerprint density at radius 1 is 1.53 bits per heavy atom. The fraction of sp³-hybridized carbons (Fsp3) is 0.0909. The van der Waals surface area contributed by atoms with Crippen molar-refractivity contribution in [1.82, 2.24) is 4.98 Å². The summed E-state index contributed by atoms with van der Waals surface area (Å²) in [5.74, 6) is -1.37. The van der Waals surface area contributed by atoms with Crippen LogP contribution >= 0.6 is 11.3 Å². The quantitative estimate of drug-likeness (QED) is 0.877. The number of hydrogen-bond donors (Lipinski definition) is 2. The van der Waals surface area contributed by atoms with Gasteiger partial charge in [0.2, 0.25) is 0 Å². The van der Waals surface area contributed by atoms with Crippen LogP contribution in [0.1, 0.15) is 5.69 Å². The summed E-state index contributed by atoms with van der Waals surface area (Å²) in [6, 6.07) is 5.91. The van der Waals surface area contributed by atoms with Crippen LogP contribution in [0.3, 0.4) is 0 Å². The summed E-state index contributed by atoms with van der Waals surface area (Å²) in [5.41, 5.74) is 6.51. The molecule has 17 heavy (non-hydrogen) atoms. The van der Waals surface area contributed by atoms with Crippen molar-refractivity contribution in [3.63, 3.8) is 0 Å². The summed E-state index contributed by atoms with van der Waals surface area (Å²) in [4.78, 5) is 15.2. The Morgan fingerprint density at radius 3 is 2.94 bits per heavy atom. The lowest BCUT2D eigenvalue weighted by atomic mass is 10.1. The molecule has 0 saturated carbocycles. The molecular weight excluding hydrogens is 243 g/mol. The van der Waals surface area contributed by atoms with Crippen molar-refractivity contribution in [3.05, 3.63) is 35.8 Å². The number of aromatic nitrogens is 1. The van der Waals surface area contributed by atoms with Crippen molar-refractivity contribution < 1.29 is 14.3 Å². The number of anilines is 1. The molecule has 2 rings (SSSR count). The number of carbonyl (C=O) groups is 1. The molecule has 1 aromatic carbocycles. The summed E-state index contributed by atoms with van der Waals surface area (Å²) in [6.45, 7) is 0. The van der Waals surface area contributed by atoms with Gasteiger partial charge in [-0.15, -0.1) is 0 Å². The van der Waals surface area contributed by atoms with Crippen molar-refractivity contribution in [2.24, 2.45) is 0 Å². The van der Waals surface area contributed by atoms with Crippen molar-refractivity contribution in [1.29, 1.82) is 0 Å². The van der Waals surface area contributed by atoms with E-state index in [0.717, 1.165) is 11.3 Å². The Morgan fingerprint density at radius 2 is 2.29 bits per heavy atom. The van der Waals surface area contributed by atoms with Crippen LogP contribution in [-0.4, -0.2) is 16.1 Å². The largest absolute Gasteiger partial charge is 0.481 e. The molecule has 0 radical (unpaired) electrons. The van der Waals surface area contributed by atoms with E-state index >= 15 is 0 Å². The summed E-state index contributed by atoms with van der Waals surface area (Å²) in [7, 11) is 0. The highest BCUT2D eigenvalue weighted by atomic mass is 32.1. The number of benzene rings is 1. The summed E-state index contributed by atoms with van der Waals surface area (Å²) >= 11 is 1.15. The highest BCUT2D eigenvalue weighted by molar-refractivity contribution is 7.18. The fourth-order valence-corrected chi connectivity index (χ4v) is 2.33. The zero-order chi connectivity index (χ0) is 12.4. The van der Waals surface area contributed by atoms with E-state index < -0.39 is 5.97 Å². The number of carboxylic acid groups (broad SMARTS) is 1. The van der Waals surface area contributed by atoms with Crippen molar-refractivity contribution >= 4 is 22.4 Å². The van der Waals surface area contributed by atoms with Gasteiger partial charge in [0.05, 0.1) is 17.0 Å². The normalized spacial score (nSPS) is 10.4. The van der Waals surface area contributed by atoms with Gasteiger partial charge in [0.25, 0.3) is 0 Å². The molecule has 0 atom stereocenters. The van der Waals surface area contributed by atoms with Crippen LogP contribution in [0, 0.1) is 5.82 Å². The molecule has 0 aliphatic heterocycles. The summed E-state index contributed by atoms with van der Waals surface area (Å²) in [6.07, 6.45) is -0.223. The molecule has 88 valence electrons. The smallest absolute Gasteiger partial charge is 0.309 e. The van der Waals surface area contributed by atoms with Crippen LogP contribution in [0.4, 0.5) is 9.52 Å². The third-order valence-corrected chi connectivity index (χ3v) is 3.10. The Hall–Kier alpha value is -1.95. The van der Waals surface area contributed by atoms with Gasteiger partial charge in [0, 0.05) is 0 Å². The van der Waals surface area contributed by atoms with Crippen LogP contribution in [0.25, 0.3) is 10.4 Å². The fourth-order valence-electron chi connectivity index (χ4n) is 1.49. The Bertz CT molecular complexity index is 568. The second-order valence-electron chi connectivity index (χ2n) is 3.41. The lowest BCUT2D eigenvalue weighted by Crippen LogP contribution is -2.01. The predicted octanol–water partition coefficient (Wildman–Crippen LogP) is 2.16. The molecule has 0 amide bonds. The highest BCUT2D eigenvalue weighted by Gasteiger charge is 2.14. The maximum Gasteiger partial charge on any atom is 0.309 e. The Kier molecular flexibility index (Phi) is 3.06. The molecule has 0 aliphatic carbocycles. The molecule has 0 fully saturated rings. The van der Waals surface area contributed by atoms with Crippen LogP contribution in [0.2, 0.25) is 0 Å². The molecule has 3 N–H and O–H groups in total. The predicted molar refractivity (Wildman–Crippen MR) is 63.3 cm³/mol. The first-order valence-corrected chi connectivity index (χ1v) is 5.61. The Balaban J connectivity index is 2.47. The lowest BCUT2D eigenvalue weighted by molar-refractivity contribution is -0.136. The minimum absolute atomic E-state index is 0.223.